The topological polar surface area (TPSA) is 125 Å². The number of benzene rings is 2. The highest BCUT2D eigenvalue weighted by Crippen LogP contribution is 2.25. The van der Waals surface area contributed by atoms with E-state index in [9.17, 15) is 14.9 Å². The first-order valence-corrected chi connectivity index (χ1v) is 10.3. The molecule has 0 aliphatic heterocycles. The molecule has 31 heavy (non-hydrogen) atoms. The second-order valence-electron chi connectivity index (χ2n) is 6.21. The minimum Gasteiger partial charge on any atom is -0.497 e. The van der Waals surface area contributed by atoms with Crippen molar-refractivity contribution >= 4 is 29.6 Å². The minimum absolute atomic E-state index is 0.00775. The number of carbonyl (C=O) groups excluding carboxylic acids is 1. The molecule has 1 N–H and O–H groups in total. The Kier molecular flexibility index (Phi) is 7.33. The Labute approximate surface area is 182 Å². The number of ether oxygens (including phenoxy) is 1. The number of carbonyl (C=O) groups is 1. The van der Waals surface area contributed by atoms with Gasteiger partial charge < -0.3 is 9.30 Å². The van der Waals surface area contributed by atoms with E-state index in [0.29, 0.717) is 23.1 Å². The van der Waals surface area contributed by atoms with Gasteiger partial charge in [0.2, 0.25) is 0 Å². The minimum atomic E-state index is -0.477. The van der Waals surface area contributed by atoms with Gasteiger partial charge in [-0.1, -0.05) is 11.8 Å². The highest BCUT2D eigenvalue weighted by atomic mass is 32.2. The Balaban J connectivity index is 1.57. The average molecular weight is 440 g/mol. The van der Waals surface area contributed by atoms with Crippen LogP contribution in [-0.4, -0.2) is 44.7 Å². The molecule has 0 saturated heterocycles. The fraction of sp³-hybridized carbons (Fsp3) is 0.200. The number of rotatable bonds is 9. The number of hydrogen-bond donors (Lipinski definition) is 1. The van der Waals surface area contributed by atoms with Crippen LogP contribution in [0.2, 0.25) is 0 Å². The highest BCUT2D eigenvalue weighted by Gasteiger charge is 2.14. The zero-order valence-corrected chi connectivity index (χ0v) is 17.7. The molecule has 3 rings (SSSR count). The summed E-state index contributed by atoms with van der Waals surface area (Å²) in [7, 11) is 1.61. The standard InChI is InChI=1S/C20H20N6O4S/c1-3-25-19(15-6-10-17(30-2)11-7-15)23-24-20(25)31-13-18(27)22-21-12-14-4-8-16(9-5-14)26(28)29/h4-12H,3,13H2,1-2H3,(H,22,27)/b21-12-. The number of amides is 1. The van der Waals surface area contributed by atoms with Crippen LogP contribution < -0.4 is 10.2 Å². The van der Waals surface area contributed by atoms with Gasteiger partial charge in [0.05, 0.1) is 24.0 Å². The van der Waals surface area contributed by atoms with Crippen LogP contribution in [0, 0.1) is 10.1 Å². The third-order valence-corrected chi connectivity index (χ3v) is 5.19. The van der Waals surface area contributed by atoms with Crippen molar-refractivity contribution in [3.63, 3.8) is 0 Å². The fourth-order valence-corrected chi connectivity index (χ4v) is 3.45. The van der Waals surface area contributed by atoms with E-state index >= 15 is 0 Å². The number of non-ortho nitro benzene ring substituents is 1. The number of thioether (sulfide) groups is 1. The van der Waals surface area contributed by atoms with E-state index in [1.807, 2.05) is 35.8 Å². The lowest BCUT2D eigenvalue weighted by atomic mass is 10.2. The zero-order valence-electron chi connectivity index (χ0n) is 16.9. The molecule has 2 aromatic carbocycles. The summed E-state index contributed by atoms with van der Waals surface area (Å²) in [6.07, 6.45) is 1.42. The zero-order chi connectivity index (χ0) is 22.2. The Hall–Kier alpha value is -3.73. The molecule has 1 aromatic heterocycles. The third-order valence-electron chi connectivity index (χ3n) is 4.22. The molecule has 3 aromatic rings. The average Bonchev–Trinajstić information content (AvgIpc) is 3.21. The third kappa shape index (κ3) is 5.66. The molecule has 0 spiro atoms. The fourth-order valence-electron chi connectivity index (χ4n) is 2.66. The lowest BCUT2D eigenvalue weighted by molar-refractivity contribution is -0.384. The second-order valence-corrected chi connectivity index (χ2v) is 7.15. The van der Waals surface area contributed by atoms with Crippen molar-refractivity contribution in [2.24, 2.45) is 5.10 Å². The summed E-state index contributed by atoms with van der Waals surface area (Å²) in [6.45, 7) is 2.63. The molecule has 10 nitrogen and oxygen atoms in total. The number of aromatic nitrogens is 3. The first-order chi connectivity index (χ1) is 15.0. The van der Waals surface area contributed by atoms with Crippen LogP contribution in [-0.2, 0) is 11.3 Å². The van der Waals surface area contributed by atoms with Crippen molar-refractivity contribution in [3.8, 4) is 17.1 Å². The van der Waals surface area contributed by atoms with Gasteiger partial charge in [0.1, 0.15) is 5.75 Å². The molecule has 0 fully saturated rings. The molecule has 11 heteroatoms. The Morgan fingerprint density at radius 1 is 1.23 bits per heavy atom. The van der Waals surface area contributed by atoms with E-state index in [4.69, 9.17) is 4.74 Å². The van der Waals surface area contributed by atoms with Crippen LogP contribution in [0.3, 0.4) is 0 Å². The van der Waals surface area contributed by atoms with E-state index in [2.05, 4.69) is 20.7 Å². The molecule has 1 heterocycles. The quantitative estimate of drug-likeness (QED) is 0.235. The van der Waals surface area contributed by atoms with Crippen LogP contribution >= 0.6 is 11.8 Å². The first kappa shape index (κ1) is 22.0. The van der Waals surface area contributed by atoms with Crippen molar-refractivity contribution in [2.75, 3.05) is 12.9 Å². The van der Waals surface area contributed by atoms with Crippen molar-refractivity contribution in [3.05, 3.63) is 64.2 Å². The number of nitrogens with one attached hydrogen (secondary N) is 1. The van der Waals surface area contributed by atoms with Gasteiger partial charge >= 0.3 is 0 Å². The van der Waals surface area contributed by atoms with Gasteiger partial charge in [-0.15, -0.1) is 10.2 Å². The van der Waals surface area contributed by atoms with Crippen LogP contribution in [0.25, 0.3) is 11.4 Å². The summed E-state index contributed by atoms with van der Waals surface area (Å²) in [5, 5.41) is 23.6. The maximum atomic E-state index is 12.1. The number of methoxy groups -OCH3 is 1. The summed E-state index contributed by atoms with van der Waals surface area (Å²) in [6, 6.07) is 13.4. The Morgan fingerprint density at radius 2 is 1.94 bits per heavy atom. The first-order valence-electron chi connectivity index (χ1n) is 9.28. The lowest BCUT2D eigenvalue weighted by Crippen LogP contribution is -2.20. The van der Waals surface area contributed by atoms with Crippen molar-refractivity contribution in [2.45, 2.75) is 18.6 Å². The number of nitrogens with zero attached hydrogens (tertiary/aromatic N) is 5. The molecule has 160 valence electrons. The van der Waals surface area contributed by atoms with Crippen molar-refractivity contribution in [1.82, 2.24) is 20.2 Å². The number of hydrogen-bond acceptors (Lipinski definition) is 8. The van der Waals surface area contributed by atoms with Gasteiger partial charge in [0.25, 0.3) is 11.6 Å². The lowest BCUT2D eigenvalue weighted by Gasteiger charge is -2.07. The van der Waals surface area contributed by atoms with Crippen molar-refractivity contribution in [1.29, 1.82) is 0 Å². The molecule has 0 aliphatic carbocycles. The second kappa shape index (κ2) is 10.3. The molecule has 0 atom stereocenters. The molecular weight excluding hydrogens is 420 g/mol. The largest absolute Gasteiger partial charge is 0.497 e. The normalized spacial score (nSPS) is 10.9. The van der Waals surface area contributed by atoms with E-state index in [-0.39, 0.29) is 17.3 Å². The van der Waals surface area contributed by atoms with E-state index < -0.39 is 4.92 Å². The number of nitro groups is 1. The van der Waals surface area contributed by atoms with Crippen LogP contribution in [0.4, 0.5) is 5.69 Å². The van der Waals surface area contributed by atoms with E-state index in [1.165, 1.54) is 30.1 Å². The van der Waals surface area contributed by atoms with E-state index in [1.54, 1.807) is 19.2 Å². The summed E-state index contributed by atoms with van der Waals surface area (Å²) in [4.78, 5) is 22.3. The van der Waals surface area contributed by atoms with Gasteiger partial charge in [0.15, 0.2) is 11.0 Å². The SMILES string of the molecule is CCn1c(SCC(=O)N/N=C\c2ccc([N+](=O)[O-])cc2)nnc1-c1ccc(OC)cc1. The van der Waals surface area contributed by atoms with E-state index in [0.717, 1.165) is 11.3 Å². The predicted molar refractivity (Wildman–Crippen MR) is 117 cm³/mol. The highest BCUT2D eigenvalue weighted by molar-refractivity contribution is 7.99. The summed E-state index contributed by atoms with van der Waals surface area (Å²) < 4.78 is 7.11. The van der Waals surface area contributed by atoms with Gasteiger partial charge in [-0.3, -0.25) is 14.9 Å². The molecular formula is C20H20N6O4S. The predicted octanol–water partition coefficient (Wildman–Crippen LogP) is 3.12. The summed E-state index contributed by atoms with van der Waals surface area (Å²) in [5.41, 5.74) is 3.96. The van der Waals surface area contributed by atoms with Crippen molar-refractivity contribution < 1.29 is 14.5 Å². The molecule has 0 saturated carbocycles. The molecule has 1 amide bonds. The Bertz CT molecular complexity index is 1080. The van der Waals surface area contributed by atoms with Crippen LogP contribution in [0.1, 0.15) is 12.5 Å². The molecule has 0 radical (unpaired) electrons. The molecule has 0 bridgehead atoms. The van der Waals surface area contributed by atoms with Crippen LogP contribution in [0.15, 0.2) is 58.8 Å². The number of nitro benzene ring substituents is 1. The maximum Gasteiger partial charge on any atom is 0.269 e. The monoisotopic (exact) mass is 440 g/mol. The summed E-state index contributed by atoms with van der Waals surface area (Å²) >= 11 is 1.26. The number of hydrazone groups is 1. The smallest absolute Gasteiger partial charge is 0.269 e. The van der Waals surface area contributed by atoms with Gasteiger partial charge in [-0.2, -0.15) is 5.10 Å². The van der Waals surface area contributed by atoms with Gasteiger partial charge in [-0.25, -0.2) is 5.43 Å². The molecule has 0 unspecified atom stereocenters. The van der Waals surface area contributed by atoms with Crippen LogP contribution in [0.5, 0.6) is 5.75 Å². The maximum absolute atomic E-state index is 12.1. The summed E-state index contributed by atoms with van der Waals surface area (Å²) in [5.74, 6) is 1.27. The molecule has 0 aliphatic rings. The van der Waals surface area contributed by atoms with Gasteiger partial charge in [-0.05, 0) is 48.9 Å². The Morgan fingerprint density at radius 3 is 2.55 bits per heavy atom. The van der Waals surface area contributed by atoms with Gasteiger partial charge in [0, 0.05) is 24.2 Å².